The average Bonchev–Trinajstić information content (AvgIpc) is 2.67. The van der Waals surface area contributed by atoms with Crippen LogP contribution in [-0.4, -0.2) is 44.7 Å². The van der Waals surface area contributed by atoms with Crippen LogP contribution in [0.3, 0.4) is 0 Å². The van der Waals surface area contributed by atoms with Crippen molar-refractivity contribution in [1.82, 2.24) is 4.31 Å². The number of anilines is 1. The molecule has 0 unspecified atom stereocenters. The van der Waals surface area contributed by atoms with Gasteiger partial charge in [0.05, 0.1) is 16.1 Å². The summed E-state index contributed by atoms with van der Waals surface area (Å²) in [5, 5.41) is 0. The number of benzene rings is 2. The van der Waals surface area contributed by atoms with Crippen LogP contribution >= 0.6 is 0 Å². The second-order valence-corrected chi connectivity index (χ2v) is 9.24. The van der Waals surface area contributed by atoms with Crippen LogP contribution in [0.15, 0.2) is 47.4 Å². The number of carbonyl (C=O) groups is 1. The summed E-state index contributed by atoms with van der Waals surface area (Å²) in [6, 6.07) is 11.5. The maximum Gasteiger partial charge on any atom is 0.243 e. The molecule has 0 atom stereocenters. The quantitative estimate of drug-likeness (QED) is 0.714. The molecule has 0 aliphatic carbocycles. The first-order valence-electron chi connectivity index (χ1n) is 9.36. The van der Waals surface area contributed by atoms with Crippen LogP contribution < -0.4 is 4.90 Å². The molecule has 0 bridgehead atoms. The summed E-state index contributed by atoms with van der Waals surface area (Å²) in [5.41, 5.74) is 1.67. The highest BCUT2D eigenvalue weighted by atomic mass is 32.2. The second kappa shape index (κ2) is 8.01. The lowest BCUT2D eigenvalue weighted by Gasteiger charge is -2.36. The van der Waals surface area contributed by atoms with Crippen molar-refractivity contribution in [2.75, 3.05) is 31.1 Å². The van der Waals surface area contributed by atoms with E-state index in [9.17, 15) is 17.6 Å². The van der Waals surface area contributed by atoms with Crippen LogP contribution in [0.4, 0.5) is 10.1 Å². The molecule has 1 aliphatic heterocycles. The highest BCUT2D eigenvalue weighted by Gasteiger charge is 2.30. The van der Waals surface area contributed by atoms with Crippen molar-refractivity contribution >= 4 is 21.5 Å². The maximum atomic E-state index is 14.1. The van der Waals surface area contributed by atoms with Crippen LogP contribution in [0, 0.1) is 5.82 Å². The molecule has 7 heteroatoms. The molecular formula is C21H25FN2O3S. The molecule has 0 aromatic heterocycles. The van der Waals surface area contributed by atoms with Gasteiger partial charge in [0.25, 0.3) is 0 Å². The van der Waals surface area contributed by atoms with Crippen LogP contribution in [0.25, 0.3) is 0 Å². The first kappa shape index (κ1) is 20.5. The van der Waals surface area contributed by atoms with Crippen LogP contribution in [-0.2, 0) is 10.0 Å². The van der Waals surface area contributed by atoms with E-state index in [0.717, 1.165) is 5.56 Å². The number of hydrogen-bond acceptors (Lipinski definition) is 4. The molecule has 5 nitrogen and oxygen atoms in total. The molecule has 1 heterocycles. The molecule has 1 aliphatic rings. The monoisotopic (exact) mass is 404 g/mol. The van der Waals surface area contributed by atoms with E-state index in [1.807, 2.05) is 17.0 Å². The number of nitrogens with zero attached hydrogens (tertiary/aromatic N) is 2. The molecule has 0 saturated carbocycles. The SMILES string of the molecule is CC(=O)c1c(F)cccc1N1CCN(S(=O)(=O)c2ccc(C(C)C)cc2)CC1. The molecule has 0 spiro atoms. The van der Waals surface area contributed by atoms with Crippen molar-refractivity contribution in [2.24, 2.45) is 0 Å². The van der Waals surface area contributed by atoms with Crippen molar-refractivity contribution in [3.63, 3.8) is 0 Å². The Morgan fingerprint density at radius 2 is 1.61 bits per heavy atom. The number of sulfonamides is 1. The summed E-state index contributed by atoms with van der Waals surface area (Å²) in [4.78, 5) is 14.0. The number of hydrogen-bond donors (Lipinski definition) is 0. The van der Waals surface area contributed by atoms with E-state index in [1.54, 1.807) is 24.3 Å². The van der Waals surface area contributed by atoms with Gasteiger partial charge in [-0.3, -0.25) is 4.79 Å². The van der Waals surface area contributed by atoms with Gasteiger partial charge in [0.15, 0.2) is 5.78 Å². The molecule has 2 aromatic rings. The van der Waals surface area contributed by atoms with E-state index in [4.69, 9.17) is 0 Å². The minimum Gasteiger partial charge on any atom is -0.368 e. The first-order valence-corrected chi connectivity index (χ1v) is 10.8. The van der Waals surface area contributed by atoms with Gasteiger partial charge in [0.2, 0.25) is 10.0 Å². The summed E-state index contributed by atoms with van der Waals surface area (Å²) in [7, 11) is -3.58. The van der Waals surface area contributed by atoms with Crippen molar-refractivity contribution < 1.29 is 17.6 Å². The zero-order chi connectivity index (χ0) is 20.5. The largest absolute Gasteiger partial charge is 0.368 e. The van der Waals surface area contributed by atoms with Gasteiger partial charge in [0, 0.05) is 26.2 Å². The Hall–Kier alpha value is -2.25. The first-order chi connectivity index (χ1) is 13.2. The maximum absolute atomic E-state index is 14.1. The molecule has 2 aromatic carbocycles. The van der Waals surface area contributed by atoms with Crippen molar-refractivity contribution in [1.29, 1.82) is 0 Å². The third-order valence-corrected chi connectivity index (χ3v) is 7.02. The van der Waals surface area contributed by atoms with E-state index in [2.05, 4.69) is 13.8 Å². The molecule has 0 amide bonds. The van der Waals surface area contributed by atoms with Gasteiger partial charge in [-0.05, 0) is 42.7 Å². The third-order valence-electron chi connectivity index (χ3n) is 5.11. The Morgan fingerprint density at radius 3 is 2.14 bits per heavy atom. The molecule has 0 radical (unpaired) electrons. The van der Waals surface area contributed by atoms with Gasteiger partial charge in [-0.1, -0.05) is 32.0 Å². The Kier molecular flexibility index (Phi) is 5.86. The molecule has 1 fully saturated rings. The normalized spacial score (nSPS) is 15.8. The van der Waals surface area contributed by atoms with Crippen LogP contribution in [0.5, 0.6) is 0 Å². The van der Waals surface area contributed by atoms with Crippen molar-refractivity contribution in [2.45, 2.75) is 31.6 Å². The lowest BCUT2D eigenvalue weighted by molar-refractivity contribution is 0.101. The minimum atomic E-state index is -3.58. The fourth-order valence-corrected chi connectivity index (χ4v) is 4.89. The number of halogens is 1. The molecule has 150 valence electrons. The Morgan fingerprint density at radius 1 is 1.00 bits per heavy atom. The number of rotatable bonds is 5. The molecule has 3 rings (SSSR count). The van der Waals surface area contributed by atoms with Gasteiger partial charge in [-0.2, -0.15) is 4.31 Å². The second-order valence-electron chi connectivity index (χ2n) is 7.31. The van der Waals surface area contributed by atoms with Gasteiger partial charge >= 0.3 is 0 Å². The van der Waals surface area contributed by atoms with Gasteiger partial charge < -0.3 is 4.90 Å². The topological polar surface area (TPSA) is 57.7 Å². The minimum absolute atomic E-state index is 0.0584. The summed E-state index contributed by atoms with van der Waals surface area (Å²) in [6.07, 6.45) is 0. The molecular weight excluding hydrogens is 379 g/mol. The third kappa shape index (κ3) is 3.95. The lowest BCUT2D eigenvalue weighted by Crippen LogP contribution is -2.49. The predicted octanol–water partition coefficient (Wildman–Crippen LogP) is 3.66. The van der Waals surface area contributed by atoms with Crippen molar-refractivity contribution in [3.05, 3.63) is 59.4 Å². The Bertz CT molecular complexity index is 964. The van der Waals surface area contributed by atoms with E-state index < -0.39 is 15.8 Å². The van der Waals surface area contributed by atoms with E-state index in [1.165, 1.54) is 17.3 Å². The summed E-state index contributed by atoms with van der Waals surface area (Å²) < 4.78 is 41.4. The number of Topliss-reactive ketones (excluding diaryl/α,β-unsaturated/α-hetero) is 1. The molecule has 28 heavy (non-hydrogen) atoms. The Labute approximate surface area is 165 Å². The average molecular weight is 405 g/mol. The van der Waals surface area contributed by atoms with E-state index in [0.29, 0.717) is 24.7 Å². The molecule has 0 N–H and O–H groups in total. The molecule has 1 saturated heterocycles. The highest BCUT2D eigenvalue weighted by molar-refractivity contribution is 7.89. The number of ketones is 1. The smallest absolute Gasteiger partial charge is 0.243 e. The van der Waals surface area contributed by atoms with Gasteiger partial charge in [0.1, 0.15) is 5.82 Å². The Balaban J connectivity index is 1.77. The van der Waals surface area contributed by atoms with Gasteiger partial charge in [-0.15, -0.1) is 0 Å². The summed E-state index contributed by atoms with van der Waals surface area (Å²) in [5.74, 6) is -0.555. The highest BCUT2D eigenvalue weighted by Crippen LogP contribution is 2.27. The van der Waals surface area contributed by atoms with E-state index in [-0.39, 0.29) is 29.3 Å². The standard InChI is InChI=1S/C21H25FN2O3S/c1-15(2)17-7-9-18(10-8-17)28(26,27)24-13-11-23(12-14-24)20-6-4-5-19(22)21(20)16(3)25/h4-10,15H,11-14H2,1-3H3. The van der Waals surface area contributed by atoms with E-state index >= 15 is 0 Å². The predicted molar refractivity (Wildman–Crippen MR) is 108 cm³/mol. The van der Waals surface area contributed by atoms with Gasteiger partial charge in [-0.25, -0.2) is 12.8 Å². The van der Waals surface area contributed by atoms with Crippen molar-refractivity contribution in [3.8, 4) is 0 Å². The zero-order valence-electron chi connectivity index (χ0n) is 16.4. The summed E-state index contributed by atoms with van der Waals surface area (Å²) in [6.45, 7) is 6.81. The lowest BCUT2D eigenvalue weighted by atomic mass is 10.0. The fourth-order valence-electron chi connectivity index (χ4n) is 3.47. The van der Waals surface area contributed by atoms with Crippen LogP contribution in [0.1, 0.15) is 42.6 Å². The van der Waals surface area contributed by atoms with Crippen LogP contribution in [0.2, 0.25) is 0 Å². The zero-order valence-corrected chi connectivity index (χ0v) is 17.2. The summed E-state index contributed by atoms with van der Waals surface area (Å²) >= 11 is 0. The fraction of sp³-hybridized carbons (Fsp3) is 0.381. The number of carbonyl (C=O) groups excluding carboxylic acids is 1. The number of piperazine rings is 1.